The third kappa shape index (κ3) is 2.00. The van der Waals surface area contributed by atoms with Gasteiger partial charge in [-0.1, -0.05) is 18.2 Å². The Morgan fingerprint density at radius 1 is 1.38 bits per heavy atom. The van der Waals surface area contributed by atoms with E-state index in [0.717, 1.165) is 0 Å². The van der Waals surface area contributed by atoms with E-state index in [1.165, 1.54) is 12.1 Å². The van der Waals surface area contributed by atoms with Gasteiger partial charge in [-0.25, -0.2) is 10.1 Å². The van der Waals surface area contributed by atoms with Gasteiger partial charge in [0.25, 0.3) is 0 Å². The molecule has 2 N–H and O–H groups in total. The maximum Gasteiger partial charge on any atom is 0.333 e. The van der Waals surface area contributed by atoms with E-state index in [1.54, 1.807) is 18.2 Å². The van der Waals surface area contributed by atoms with Gasteiger partial charge in [0.2, 0.25) is 0 Å². The van der Waals surface area contributed by atoms with Crippen LogP contribution >= 0.6 is 0 Å². The predicted molar refractivity (Wildman–Crippen MR) is 43.8 cm³/mol. The van der Waals surface area contributed by atoms with E-state index < -0.39 is 10.9 Å². The zero-order chi connectivity index (χ0) is 9.84. The SMILES string of the molecule is NN(C(=O)c1ccccc1)[N+](=O)[O-]. The normalized spacial score (nSPS) is 9.31. The second-order valence-electron chi connectivity index (χ2n) is 2.25. The molecule has 0 aliphatic carbocycles. The molecule has 0 heterocycles. The van der Waals surface area contributed by atoms with Crippen molar-refractivity contribution < 1.29 is 9.83 Å². The fourth-order valence-corrected chi connectivity index (χ4v) is 0.787. The van der Waals surface area contributed by atoms with E-state index >= 15 is 0 Å². The van der Waals surface area contributed by atoms with Crippen molar-refractivity contribution in [2.45, 2.75) is 0 Å². The summed E-state index contributed by atoms with van der Waals surface area (Å²) in [6.45, 7) is 0. The zero-order valence-electron chi connectivity index (χ0n) is 6.58. The maximum atomic E-state index is 11.1. The number of hydrogen-bond donors (Lipinski definition) is 1. The molecule has 6 nitrogen and oxygen atoms in total. The molecule has 1 aromatic carbocycles. The molecule has 0 fully saturated rings. The van der Waals surface area contributed by atoms with Crippen LogP contribution in [0.15, 0.2) is 30.3 Å². The van der Waals surface area contributed by atoms with Crippen molar-refractivity contribution >= 4 is 5.91 Å². The molecular weight excluding hydrogens is 174 g/mol. The molecule has 0 spiro atoms. The molecule has 1 rings (SSSR count). The average molecular weight is 181 g/mol. The fourth-order valence-electron chi connectivity index (χ4n) is 0.787. The number of carbonyl (C=O) groups is 1. The first-order chi connectivity index (χ1) is 6.13. The Bertz CT molecular complexity index is 325. The topological polar surface area (TPSA) is 89.5 Å². The minimum Gasteiger partial charge on any atom is -0.261 e. The van der Waals surface area contributed by atoms with Crippen molar-refractivity contribution in [3.8, 4) is 0 Å². The molecule has 0 aromatic heterocycles. The number of nitro groups is 1. The molecule has 0 saturated heterocycles. The van der Waals surface area contributed by atoms with E-state index in [9.17, 15) is 14.9 Å². The number of rotatable bonds is 2. The number of carbonyl (C=O) groups excluding carboxylic acids is 1. The average Bonchev–Trinajstić information content (AvgIpc) is 2.17. The number of amides is 1. The second kappa shape index (κ2) is 3.63. The van der Waals surface area contributed by atoms with Gasteiger partial charge in [-0.15, -0.1) is 0 Å². The highest BCUT2D eigenvalue weighted by Gasteiger charge is 2.20. The van der Waals surface area contributed by atoms with Crippen molar-refractivity contribution in [1.82, 2.24) is 5.12 Å². The van der Waals surface area contributed by atoms with Gasteiger partial charge in [0, 0.05) is 10.7 Å². The Hall–Kier alpha value is -1.95. The molecular formula is C7H7N3O3. The molecule has 0 unspecified atom stereocenters. The van der Waals surface area contributed by atoms with Gasteiger partial charge in [-0.2, -0.15) is 5.84 Å². The highest BCUT2D eigenvalue weighted by molar-refractivity contribution is 5.92. The zero-order valence-corrected chi connectivity index (χ0v) is 6.58. The lowest BCUT2D eigenvalue weighted by molar-refractivity contribution is -0.635. The molecule has 1 aromatic rings. The lowest BCUT2D eigenvalue weighted by atomic mass is 10.2. The summed E-state index contributed by atoms with van der Waals surface area (Å²) in [5.74, 6) is 4.03. The van der Waals surface area contributed by atoms with Crippen LogP contribution in [0.25, 0.3) is 0 Å². The number of nitrogens with two attached hydrogens (primary N) is 1. The Kier molecular flexibility index (Phi) is 2.56. The molecule has 13 heavy (non-hydrogen) atoms. The number of hydrogen-bond acceptors (Lipinski definition) is 4. The first kappa shape index (κ1) is 9.14. The van der Waals surface area contributed by atoms with Crippen molar-refractivity contribution in [2.24, 2.45) is 5.84 Å². The number of nitrogens with zero attached hydrogens (tertiary/aromatic N) is 2. The van der Waals surface area contributed by atoms with E-state index in [0.29, 0.717) is 0 Å². The van der Waals surface area contributed by atoms with Crippen molar-refractivity contribution in [2.75, 3.05) is 0 Å². The van der Waals surface area contributed by atoms with E-state index in [-0.39, 0.29) is 10.7 Å². The van der Waals surface area contributed by atoms with Gasteiger partial charge in [0.1, 0.15) is 0 Å². The van der Waals surface area contributed by atoms with Crippen LogP contribution in [-0.4, -0.2) is 16.1 Å². The molecule has 0 aliphatic rings. The fraction of sp³-hybridized carbons (Fsp3) is 0. The molecule has 0 bridgehead atoms. The third-order valence-corrected chi connectivity index (χ3v) is 1.40. The molecule has 0 saturated carbocycles. The molecule has 68 valence electrons. The summed E-state index contributed by atoms with van der Waals surface area (Å²) in [6.07, 6.45) is 0. The first-order valence-corrected chi connectivity index (χ1v) is 3.41. The molecule has 0 aliphatic heterocycles. The van der Waals surface area contributed by atoms with Crippen LogP contribution in [-0.2, 0) is 0 Å². The van der Waals surface area contributed by atoms with Crippen LogP contribution in [0.2, 0.25) is 0 Å². The molecule has 6 heteroatoms. The summed E-state index contributed by atoms with van der Waals surface area (Å²) in [7, 11) is 0. The van der Waals surface area contributed by atoms with Gasteiger partial charge in [0.05, 0.1) is 0 Å². The number of hydrazine groups is 2. The van der Waals surface area contributed by atoms with Crippen LogP contribution in [0.4, 0.5) is 0 Å². The summed E-state index contributed by atoms with van der Waals surface area (Å²) in [5.41, 5.74) is 0.182. The minimum atomic E-state index is -0.977. The predicted octanol–water partition coefficient (Wildman–Crippen LogP) is 0.194. The summed E-state index contributed by atoms with van der Waals surface area (Å²) in [5, 5.41) is 9.08. The van der Waals surface area contributed by atoms with Crippen LogP contribution in [0.5, 0.6) is 0 Å². The van der Waals surface area contributed by atoms with Crippen molar-refractivity contribution in [3.63, 3.8) is 0 Å². The standard InChI is InChI=1S/C7H7N3O3/c8-9(10(12)13)7(11)6-4-2-1-3-5-6/h1-5H,8H2. The summed E-state index contributed by atoms with van der Waals surface area (Å²) < 4.78 is 0. The Balaban J connectivity index is 2.86. The van der Waals surface area contributed by atoms with Gasteiger partial charge < -0.3 is 0 Å². The first-order valence-electron chi connectivity index (χ1n) is 3.41. The van der Waals surface area contributed by atoms with Crippen LogP contribution in [0, 0.1) is 10.1 Å². The summed E-state index contributed by atoms with van der Waals surface area (Å²) in [6, 6.07) is 7.79. The van der Waals surface area contributed by atoms with Crippen molar-refractivity contribution in [3.05, 3.63) is 46.0 Å². The maximum absolute atomic E-state index is 11.1. The lowest BCUT2D eigenvalue weighted by Gasteiger charge is -2.04. The van der Waals surface area contributed by atoms with E-state index in [4.69, 9.17) is 5.84 Å². The smallest absolute Gasteiger partial charge is 0.261 e. The third-order valence-electron chi connectivity index (χ3n) is 1.40. The summed E-state index contributed by atoms with van der Waals surface area (Å²) >= 11 is 0. The van der Waals surface area contributed by atoms with Crippen LogP contribution < -0.4 is 5.84 Å². The van der Waals surface area contributed by atoms with Crippen LogP contribution in [0.3, 0.4) is 0 Å². The van der Waals surface area contributed by atoms with Crippen LogP contribution in [0.1, 0.15) is 10.4 Å². The monoisotopic (exact) mass is 181 g/mol. The Morgan fingerprint density at radius 3 is 2.38 bits per heavy atom. The molecule has 0 radical (unpaired) electrons. The Labute approximate surface area is 73.7 Å². The highest BCUT2D eigenvalue weighted by Crippen LogP contribution is 2.00. The highest BCUT2D eigenvalue weighted by atomic mass is 16.7. The lowest BCUT2D eigenvalue weighted by Crippen LogP contribution is -2.42. The Morgan fingerprint density at radius 2 is 1.92 bits per heavy atom. The quantitative estimate of drug-likeness (QED) is 0.305. The van der Waals surface area contributed by atoms with E-state index in [1.807, 2.05) is 0 Å². The van der Waals surface area contributed by atoms with Crippen molar-refractivity contribution in [1.29, 1.82) is 0 Å². The van der Waals surface area contributed by atoms with Gasteiger partial charge in [0.15, 0.2) is 5.03 Å². The number of benzene rings is 1. The van der Waals surface area contributed by atoms with Gasteiger partial charge in [-0.3, -0.25) is 4.79 Å². The molecule has 0 atom stereocenters. The summed E-state index contributed by atoms with van der Waals surface area (Å²) in [4.78, 5) is 21.2. The largest absolute Gasteiger partial charge is 0.333 e. The second-order valence-corrected chi connectivity index (χ2v) is 2.25. The van der Waals surface area contributed by atoms with Gasteiger partial charge in [-0.05, 0) is 12.1 Å². The van der Waals surface area contributed by atoms with Gasteiger partial charge >= 0.3 is 5.91 Å². The molecule has 1 amide bonds. The minimum absolute atomic E-state index is 0.0463. The van der Waals surface area contributed by atoms with E-state index in [2.05, 4.69) is 0 Å².